The second-order valence-corrected chi connectivity index (χ2v) is 7.84. The fraction of sp³-hybridized carbons (Fsp3) is 0.455. The van der Waals surface area contributed by atoms with Crippen LogP contribution in [-0.4, -0.2) is 27.9 Å². The smallest absolute Gasteiger partial charge is 0.277 e. The first-order valence-corrected chi connectivity index (χ1v) is 10.5. The minimum atomic E-state index is -0.641. The summed E-state index contributed by atoms with van der Waals surface area (Å²) >= 11 is 0. The summed E-state index contributed by atoms with van der Waals surface area (Å²) in [5.41, 5.74) is 1.96. The molecule has 9 nitrogen and oxygen atoms in total. The second-order valence-electron chi connectivity index (χ2n) is 7.84. The van der Waals surface area contributed by atoms with E-state index < -0.39 is 29.6 Å². The van der Waals surface area contributed by atoms with Gasteiger partial charge in [-0.15, -0.1) is 0 Å². The number of benzene rings is 1. The van der Waals surface area contributed by atoms with Crippen LogP contribution in [0.1, 0.15) is 68.9 Å². The lowest BCUT2D eigenvalue weighted by molar-refractivity contribution is -0.135. The van der Waals surface area contributed by atoms with E-state index in [9.17, 15) is 18.8 Å². The Hall–Kier alpha value is -3.27. The van der Waals surface area contributed by atoms with Gasteiger partial charge in [0.25, 0.3) is 5.91 Å². The standard InChI is InChI=1S/C22H29FN4O5/c1-4-5-6-14(11-18(28)27-31)20(29)26-19(13(2)3)22-25-17(12-32-22)21(30)24-16-9-7-15(23)8-10-16/h7-10,12-14,19,31H,4-6,11H2,1-3H3,(H,24,30)(H,26,29)(H,27,28)/t14-,19+/m1/s1. The van der Waals surface area contributed by atoms with E-state index >= 15 is 0 Å². The van der Waals surface area contributed by atoms with Gasteiger partial charge in [-0.1, -0.05) is 33.6 Å². The number of halogens is 1. The van der Waals surface area contributed by atoms with E-state index in [1.807, 2.05) is 20.8 Å². The van der Waals surface area contributed by atoms with Crippen LogP contribution in [0.5, 0.6) is 0 Å². The van der Waals surface area contributed by atoms with Gasteiger partial charge >= 0.3 is 0 Å². The number of anilines is 1. The van der Waals surface area contributed by atoms with Gasteiger partial charge in [0.15, 0.2) is 5.69 Å². The molecule has 0 radical (unpaired) electrons. The molecule has 4 N–H and O–H groups in total. The quantitative estimate of drug-likeness (QED) is 0.307. The molecule has 1 aromatic carbocycles. The molecule has 0 aliphatic rings. The van der Waals surface area contributed by atoms with Crippen molar-refractivity contribution in [1.82, 2.24) is 15.8 Å². The molecule has 174 valence electrons. The molecule has 32 heavy (non-hydrogen) atoms. The summed E-state index contributed by atoms with van der Waals surface area (Å²) in [6.07, 6.45) is 3.12. The predicted molar refractivity (Wildman–Crippen MR) is 114 cm³/mol. The third kappa shape index (κ3) is 7.16. The largest absolute Gasteiger partial charge is 0.446 e. The molecule has 3 amide bonds. The summed E-state index contributed by atoms with van der Waals surface area (Å²) in [6.45, 7) is 5.69. The number of hydrogen-bond acceptors (Lipinski definition) is 6. The van der Waals surface area contributed by atoms with Crippen molar-refractivity contribution in [1.29, 1.82) is 0 Å². The average molecular weight is 448 g/mol. The van der Waals surface area contributed by atoms with Crippen LogP contribution in [0.3, 0.4) is 0 Å². The van der Waals surface area contributed by atoms with Crippen molar-refractivity contribution < 1.29 is 28.4 Å². The third-order valence-corrected chi connectivity index (χ3v) is 4.92. The fourth-order valence-corrected chi connectivity index (χ4v) is 3.09. The molecule has 0 fully saturated rings. The van der Waals surface area contributed by atoms with Gasteiger partial charge in [0.2, 0.25) is 17.7 Å². The van der Waals surface area contributed by atoms with Crippen molar-refractivity contribution in [2.75, 3.05) is 5.32 Å². The molecule has 2 rings (SSSR count). The number of aromatic nitrogens is 1. The first-order valence-electron chi connectivity index (χ1n) is 10.5. The Bertz CT molecular complexity index is 913. The van der Waals surface area contributed by atoms with Crippen LogP contribution >= 0.6 is 0 Å². The fourth-order valence-electron chi connectivity index (χ4n) is 3.09. The Labute approximate surface area is 185 Å². The molecule has 10 heteroatoms. The lowest BCUT2D eigenvalue weighted by atomic mass is 9.95. The number of nitrogens with zero attached hydrogens (tertiary/aromatic N) is 1. The predicted octanol–water partition coefficient (Wildman–Crippen LogP) is 3.58. The van der Waals surface area contributed by atoms with Gasteiger partial charge in [-0.3, -0.25) is 19.6 Å². The second kappa shape index (κ2) is 11.9. The highest BCUT2D eigenvalue weighted by atomic mass is 19.1. The summed E-state index contributed by atoms with van der Waals surface area (Å²) in [4.78, 5) is 41.1. The number of amides is 3. The molecule has 0 saturated carbocycles. The van der Waals surface area contributed by atoms with E-state index in [0.717, 1.165) is 12.8 Å². The maximum Gasteiger partial charge on any atom is 0.277 e. The Morgan fingerprint density at radius 3 is 2.47 bits per heavy atom. The molecule has 1 aromatic heterocycles. The zero-order valence-corrected chi connectivity index (χ0v) is 18.4. The maximum atomic E-state index is 13.0. The summed E-state index contributed by atoms with van der Waals surface area (Å²) in [5, 5.41) is 14.2. The Morgan fingerprint density at radius 2 is 1.88 bits per heavy atom. The van der Waals surface area contributed by atoms with E-state index in [1.54, 1.807) is 5.48 Å². The molecular weight excluding hydrogens is 419 g/mol. The Morgan fingerprint density at radius 1 is 1.19 bits per heavy atom. The Balaban J connectivity index is 2.11. The molecule has 1 heterocycles. The number of unbranched alkanes of at least 4 members (excludes halogenated alkanes) is 1. The van der Waals surface area contributed by atoms with Crippen molar-refractivity contribution in [2.45, 2.75) is 52.5 Å². The van der Waals surface area contributed by atoms with E-state index in [0.29, 0.717) is 12.1 Å². The van der Waals surface area contributed by atoms with Crippen LogP contribution in [0.4, 0.5) is 10.1 Å². The van der Waals surface area contributed by atoms with Crippen LogP contribution < -0.4 is 16.1 Å². The Kier molecular flexibility index (Phi) is 9.33. The van der Waals surface area contributed by atoms with Crippen LogP contribution in [0.25, 0.3) is 0 Å². The van der Waals surface area contributed by atoms with Gasteiger partial charge in [-0.2, -0.15) is 0 Å². The van der Waals surface area contributed by atoms with Gasteiger partial charge in [0, 0.05) is 18.0 Å². The summed E-state index contributed by atoms with van der Waals surface area (Å²) < 4.78 is 18.5. The van der Waals surface area contributed by atoms with Crippen molar-refractivity contribution >= 4 is 23.4 Å². The zero-order valence-electron chi connectivity index (χ0n) is 18.4. The number of carbonyl (C=O) groups excluding carboxylic acids is 3. The first kappa shape index (κ1) is 25.0. The van der Waals surface area contributed by atoms with Gasteiger partial charge in [-0.05, 0) is 36.6 Å². The van der Waals surface area contributed by atoms with Crippen LogP contribution in [0, 0.1) is 17.7 Å². The molecule has 0 aliphatic heterocycles. The van der Waals surface area contributed by atoms with Gasteiger partial charge in [0.1, 0.15) is 18.1 Å². The van der Waals surface area contributed by atoms with Crippen molar-refractivity contribution in [3.63, 3.8) is 0 Å². The number of rotatable bonds is 11. The topological polar surface area (TPSA) is 134 Å². The highest BCUT2D eigenvalue weighted by Crippen LogP contribution is 2.24. The van der Waals surface area contributed by atoms with Crippen molar-refractivity contribution in [3.8, 4) is 0 Å². The SMILES string of the molecule is CCCC[C@H](CC(=O)NO)C(=O)N[C@H](c1nc(C(=O)Nc2ccc(F)cc2)co1)C(C)C. The van der Waals surface area contributed by atoms with E-state index in [-0.39, 0.29) is 29.8 Å². The monoisotopic (exact) mass is 448 g/mol. The van der Waals surface area contributed by atoms with Crippen LogP contribution in [0.15, 0.2) is 34.9 Å². The molecule has 0 spiro atoms. The van der Waals surface area contributed by atoms with Crippen LogP contribution in [-0.2, 0) is 9.59 Å². The van der Waals surface area contributed by atoms with E-state index in [2.05, 4.69) is 15.6 Å². The minimum Gasteiger partial charge on any atom is -0.446 e. The first-order chi connectivity index (χ1) is 15.2. The van der Waals surface area contributed by atoms with Crippen molar-refractivity contribution in [3.05, 3.63) is 47.9 Å². The summed E-state index contributed by atoms with van der Waals surface area (Å²) in [5.74, 6) is -2.56. The summed E-state index contributed by atoms with van der Waals surface area (Å²) in [6, 6.07) is 4.66. The number of hydroxylamine groups is 1. The highest BCUT2D eigenvalue weighted by Gasteiger charge is 2.29. The lowest BCUT2D eigenvalue weighted by Gasteiger charge is -2.23. The highest BCUT2D eigenvalue weighted by molar-refractivity contribution is 6.02. The lowest BCUT2D eigenvalue weighted by Crippen LogP contribution is -2.38. The van der Waals surface area contributed by atoms with Gasteiger partial charge < -0.3 is 15.1 Å². The third-order valence-electron chi connectivity index (χ3n) is 4.92. The molecule has 0 bridgehead atoms. The molecular formula is C22H29FN4O5. The van der Waals surface area contributed by atoms with Crippen LogP contribution in [0.2, 0.25) is 0 Å². The minimum absolute atomic E-state index is 0.00594. The number of carbonyl (C=O) groups is 3. The van der Waals surface area contributed by atoms with Gasteiger partial charge in [0.05, 0.1) is 0 Å². The average Bonchev–Trinajstić information content (AvgIpc) is 3.25. The molecule has 2 atom stereocenters. The normalized spacial score (nSPS) is 12.8. The molecule has 0 saturated heterocycles. The van der Waals surface area contributed by atoms with Crippen molar-refractivity contribution in [2.24, 2.45) is 11.8 Å². The number of hydrogen-bond donors (Lipinski definition) is 4. The molecule has 2 aromatic rings. The number of oxazole rings is 1. The molecule has 0 aliphatic carbocycles. The summed E-state index contributed by atoms with van der Waals surface area (Å²) in [7, 11) is 0. The maximum absolute atomic E-state index is 13.0. The van der Waals surface area contributed by atoms with E-state index in [4.69, 9.17) is 9.62 Å². The van der Waals surface area contributed by atoms with Gasteiger partial charge in [-0.25, -0.2) is 14.9 Å². The zero-order chi connectivity index (χ0) is 23.7. The van der Waals surface area contributed by atoms with E-state index in [1.165, 1.54) is 30.5 Å². The number of nitrogens with one attached hydrogen (secondary N) is 3. The molecule has 0 unspecified atom stereocenters.